The van der Waals surface area contributed by atoms with Crippen molar-refractivity contribution in [3.05, 3.63) is 47.8 Å². The van der Waals surface area contributed by atoms with Crippen molar-refractivity contribution < 1.29 is 19.1 Å². The van der Waals surface area contributed by atoms with Gasteiger partial charge in [0.2, 0.25) is 6.79 Å². The maximum Gasteiger partial charge on any atom is 0.274 e. The van der Waals surface area contributed by atoms with Crippen LogP contribution in [0.1, 0.15) is 34.8 Å². The highest BCUT2D eigenvalue weighted by molar-refractivity contribution is 6.04. The highest BCUT2D eigenvalue weighted by Crippen LogP contribution is 2.34. The molecule has 1 aliphatic heterocycles. The normalized spacial score (nSPS) is 12.1. The van der Waals surface area contributed by atoms with E-state index in [2.05, 4.69) is 15.6 Å². The first kappa shape index (κ1) is 15.8. The van der Waals surface area contributed by atoms with Crippen LogP contribution in [0, 0.1) is 0 Å². The molecular weight excluding hydrogens is 310 g/mol. The highest BCUT2D eigenvalue weighted by atomic mass is 16.7. The van der Waals surface area contributed by atoms with E-state index in [-0.39, 0.29) is 30.1 Å². The molecule has 2 N–H and O–H groups in total. The van der Waals surface area contributed by atoms with Crippen molar-refractivity contribution in [2.24, 2.45) is 0 Å². The minimum Gasteiger partial charge on any atom is -0.454 e. The number of amides is 2. The predicted molar refractivity (Wildman–Crippen MR) is 87.4 cm³/mol. The Labute approximate surface area is 139 Å². The van der Waals surface area contributed by atoms with Crippen molar-refractivity contribution in [1.29, 1.82) is 0 Å². The van der Waals surface area contributed by atoms with E-state index in [1.54, 1.807) is 36.4 Å². The number of hydrogen-bond donors (Lipinski definition) is 2. The summed E-state index contributed by atoms with van der Waals surface area (Å²) in [5.41, 5.74) is 0.911. The number of carbonyl (C=O) groups excluding carboxylic acids is 2. The number of nitrogens with zero attached hydrogens (tertiary/aromatic N) is 1. The molecule has 7 nitrogen and oxygen atoms in total. The topological polar surface area (TPSA) is 89.6 Å². The zero-order valence-corrected chi connectivity index (χ0v) is 13.3. The summed E-state index contributed by atoms with van der Waals surface area (Å²) in [6.07, 6.45) is 0. The second-order valence-electron chi connectivity index (χ2n) is 5.56. The lowest BCUT2D eigenvalue weighted by atomic mass is 10.2. The number of rotatable bonds is 4. The molecule has 3 rings (SSSR count). The van der Waals surface area contributed by atoms with E-state index in [0.29, 0.717) is 17.2 Å². The molecule has 0 fully saturated rings. The van der Waals surface area contributed by atoms with Crippen molar-refractivity contribution in [2.45, 2.75) is 19.9 Å². The SMILES string of the molecule is CC(C)NC(=O)c1cccc(C(=O)Nc2ccc3c(c2)OCO3)n1. The predicted octanol–water partition coefficient (Wildman–Crippen LogP) is 2.20. The van der Waals surface area contributed by atoms with Gasteiger partial charge in [0.05, 0.1) is 0 Å². The van der Waals surface area contributed by atoms with Crippen LogP contribution in [-0.2, 0) is 0 Å². The molecule has 1 aromatic carbocycles. The van der Waals surface area contributed by atoms with Gasteiger partial charge in [-0.25, -0.2) is 4.98 Å². The number of aromatic nitrogens is 1. The molecule has 1 aliphatic rings. The fourth-order valence-corrected chi connectivity index (χ4v) is 2.19. The van der Waals surface area contributed by atoms with E-state index in [9.17, 15) is 9.59 Å². The second-order valence-corrected chi connectivity index (χ2v) is 5.56. The number of anilines is 1. The molecule has 0 saturated heterocycles. The second kappa shape index (κ2) is 6.57. The maximum absolute atomic E-state index is 12.3. The Morgan fingerprint density at radius 3 is 2.50 bits per heavy atom. The standard InChI is InChI=1S/C17H17N3O4/c1-10(2)18-16(21)12-4-3-5-13(20-12)17(22)19-11-6-7-14-15(8-11)24-9-23-14/h3-8,10H,9H2,1-2H3,(H,18,21)(H,19,22). The molecule has 2 heterocycles. The smallest absolute Gasteiger partial charge is 0.274 e. The number of fused-ring (bicyclic) bond motifs is 1. The van der Waals surface area contributed by atoms with Crippen LogP contribution >= 0.6 is 0 Å². The molecule has 2 amide bonds. The van der Waals surface area contributed by atoms with Crippen molar-refractivity contribution in [1.82, 2.24) is 10.3 Å². The lowest BCUT2D eigenvalue weighted by Gasteiger charge is -2.09. The average Bonchev–Trinajstić information content (AvgIpc) is 3.02. The van der Waals surface area contributed by atoms with Gasteiger partial charge in [-0.1, -0.05) is 6.07 Å². The lowest BCUT2D eigenvalue weighted by Crippen LogP contribution is -2.31. The highest BCUT2D eigenvalue weighted by Gasteiger charge is 2.16. The molecule has 24 heavy (non-hydrogen) atoms. The number of hydrogen-bond acceptors (Lipinski definition) is 5. The zero-order chi connectivity index (χ0) is 17.1. The van der Waals surface area contributed by atoms with Gasteiger partial charge in [-0.3, -0.25) is 9.59 Å². The van der Waals surface area contributed by atoms with Crippen LogP contribution in [0.15, 0.2) is 36.4 Å². The molecule has 2 aromatic rings. The van der Waals surface area contributed by atoms with Gasteiger partial charge < -0.3 is 20.1 Å². The van der Waals surface area contributed by atoms with Crippen molar-refractivity contribution in [3.63, 3.8) is 0 Å². The monoisotopic (exact) mass is 327 g/mol. The van der Waals surface area contributed by atoms with Crippen LogP contribution in [-0.4, -0.2) is 29.6 Å². The summed E-state index contributed by atoms with van der Waals surface area (Å²) >= 11 is 0. The molecular formula is C17H17N3O4. The fraction of sp³-hybridized carbons (Fsp3) is 0.235. The van der Waals surface area contributed by atoms with Crippen molar-refractivity contribution in [3.8, 4) is 11.5 Å². The van der Waals surface area contributed by atoms with Gasteiger partial charge >= 0.3 is 0 Å². The van der Waals surface area contributed by atoms with Crippen LogP contribution in [0.25, 0.3) is 0 Å². The average molecular weight is 327 g/mol. The first-order chi connectivity index (χ1) is 11.5. The Balaban J connectivity index is 1.74. The molecule has 0 radical (unpaired) electrons. The van der Waals surface area contributed by atoms with E-state index in [1.807, 2.05) is 13.8 Å². The van der Waals surface area contributed by atoms with Gasteiger partial charge in [-0.2, -0.15) is 0 Å². The Morgan fingerprint density at radius 1 is 1.04 bits per heavy atom. The molecule has 0 bridgehead atoms. The first-order valence-corrected chi connectivity index (χ1v) is 7.52. The third-order valence-electron chi connectivity index (χ3n) is 3.26. The zero-order valence-electron chi connectivity index (χ0n) is 13.3. The number of nitrogens with one attached hydrogen (secondary N) is 2. The van der Waals surface area contributed by atoms with E-state index in [1.165, 1.54) is 0 Å². The Morgan fingerprint density at radius 2 is 1.75 bits per heavy atom. The summed E-state index contributed by atoms with van der Waals surface area (Å²) in [6, 6.07) is 9.83. The fourth-order valence-electron chi connectivity index (χ4n) is 2.19. The summed E-state index contributed by atoms with van der Waals surface area (Å²) in [5.74, 6) is 0.486. The van der Waals surface area contributed by atoms with Gasteiger partial charge in [0.25, 0.3) is 11.8 Å². The van der Waals surface area contributed by atoms with E-state index >= 15 is 0 Å². The number of pyridine rings is 1. The van der Waals surface area contributed by atoms with Gasteiger partial charge in [-0.15, -0.1) is 0 Å². The summed E-state index contributed by atoms with van der Waals surface area (Å²) in [5, 5.41) is 5.47. The van der Waals surface area contributed by atoms with Crippen LogP contribution in [0.3, 0.4) is 0 Å². The summed E-state index contributed by atoms with van der Waals surface area (Å²) < 4.78 is 10.5. The minimum absolute atomic E-state index is 0.00887. The number of benzene rings is 1. The van der Waals surface area contributed by atoms with E-state index in [0.717, 1.165) is 0 Å². The number of ether oxygens (including phenoxy) is 2. The van der Waals surface area contributed by atoms with Crippen LogP contribution in [0.5, 0.6) is 11.5 Å². The molecule has 7 heteroatoms. The Kier molecular flexibility index (Phi) is 4.33. The van der Waals surface area contributed by atoms with Gasteiger partial charge in [0.15, 0.2) is 11.5 Å². The molecule has 0 atom stereocenters. The first-order valence-electron chi connectivity index (χ1n) is 7.52. The molecule has 0 saturated carbocycles. The van der Waals surface area contributed by atoms with Crippen LogP contribution in [0.4, 0.5) is 5.69 Å². The summed E-state index contributed by atoms with van der Waals surface area (Å²) in [4.78, 5) is 28.4. The minimum atomic E-state index is -0.409. The largest absolute Gasteiger partial charge is 0.454 e. The summed E-state index contributed by atoms with van der Waals surface area (Å²) in [7, 11) is 0. The molecule has 0 aliphatic carbocycles. The van der Waals surface area contributed by atoms with Crippen molar-refractivity contribution >= 4 is 17.5 Å². The number of carbonyl (C=O) groups is 2. The molecule has 0 spiro atoms. The molecule has 1 aromatic heterocycles. The van der Waals surface area contributed by atoms with Crippen LogP contribution in [0.2, 0.25) is 0 Å². The third-order valence-corrected chi connectivity index (χ3v) is 3.26. The lowest BCUT2D eigenvalue weighted by molar-refractivity contribution is 0.0938. The molecule has 0 unspecified atom stereocenters. The summed E-state index contributed by atoms with van der Waals surface area (Å²) in [6.45, 7) is 3.88. The van der Waals surface area contributed by atoms with Crippen LogP contribution < -0.4 is 20.1 Å². The Bertz CT molecular complexity index is 789. The van der Waals surface area contributed by atoms with Gasteiger partial charge in [0, 0.05) is 17.8 Å². The van der Waals surface area contributed by atoms with E-state index < -0.39 is 5.91 Å². The maximum atomic E-state index is 12.3. The van der Waals surface area contributed by atoms with Gasteiger partial charge in [0.1, 0.15) is 11.4 Å². The molecule has 124 valence electrons. The Hall–Kier alpha value is -3.09. The van der Waals surface area contributed by atoms with Gasteiger partial charge in [-0.05, 0) is 38.1 Å². The van der Waals surface area contributed by atoms with Crippen molar-refractivity contribution in [2.75, 3.05) is 12.1 Å². The van der Waals surface area contributed by atoms with E-state index in [4.69, 9.17) is 9.47 Å². The third kappa shape index (κ3) is 3.45. The quantitative estimate of drug-likeness (QED) is 0.898.